The van der Waals surface area contributed by atoms with Crippen LogP contribution >= 0.6 is 0 Å². The van der Waals surface area contributed by atoms with Crippen LogP contribution in [0.1, 0.15) is 67.2 Å². The first-order valence-corrected chi connectivity index (χ1v) is 10.8. The van der Waals surface area contributed by atoms with Crippen LogP contribution in [0.5, 0.6) is 0 Å². The predicted molar refractivity (Wildman–Crippen MR) is 114 cm³/mol. The smallest absolute Gasteiger partial charge is 0.220 e. The Balaban J connectivity index is 0.00000379. The molecule has 1 fully saturated rings. The highest BCUT2D eigenvalue weighted by Gasteiger charge is 2.31. The number of aliphatic hydroxyl groups is 3. The van der Waals surface area contributed by atoms with E-state index in [4.69, 9.17) is 9.47 Å². The lowest BCUT2D eigenvalue weighted by Gasteiger charge is -2.34. The molecule has 1 heterocycles. The Morgan fingerprint density at radius 1 is 1.28 bits per heavy atom. The zero-order valence-corrected chi connectivity index (χ0v) is 18.9. The second-order valence-electron chi connectivity index (χ2n) is 7.12. The Bertz CT molecular complexity index is 519. The van der Waals surface area contributed by atoms with Crippen LogP contribution in [0.15, 0.2) is 23.7 Å². The molecule has 1 rings (SSSR count). The summed E-state index contributed by atoms with van der Waals surface area (Å²) in [7, 11) is 0. The Morgan fingerprint density at radius 3 is 2.48 bits per heavy atom. The van der Waals surface area contributed by atoms with Crippen LogP contribution < -0.4 is 5.32 Å². The highest BCUT2D eigenvalue weighted by Crippen LogP contribution is 2.29. The van der Waals surface area contributed by atoms with Crippen molar-refractivity contribution in [2.45, 2.75) is 85.7 Å². The van der Waals surface area contributed by atoms with Gasteiger partial charge in [-0.1, -0.05) is 34.6 Å². The van der Waals surface area contributed by atoms with Gasteiger partial charge in [0.15, 0.2) is 0 Å². The van der Waals surface area contributed by atoms with Crippen LogP contribution in [-0.4, -0.2) is 52.9 Å². The number of nitrogens with one attached hydrogen (secondary N) is 1. The maximum absolute atomic E-state index is 11.9. The largest absolute Gasteiger partial charge is 0.508 e. The molecule has 170 valence electrons. The Labute approximate surface area is 175 Å². The van der Waals surface area contributed by atoms with E-state index in [1.54, 1.807) is 12.2 Å². The zero-order chi connectivity index (χ0) is 22.4. The van der Waals surface area contributed by atoms with E-state index in [1.165, 1.54) is 0 Å². The summed E-state index contributed by atoms with van der Waals surface area (Å²) >= 11 is 0. The summed E-state index contributed by atoms with van der Waals surface area (Å²) in [6.45, 7) is 12.0. The van der Waals surface area contributed by atoms with Crippen molar-refractivity contribution in [3.8, 4) is 0 Å². The molecule has 0 aromatic carbocycles. The molecule has 1 saturated heterocycles. The molecule has 3 unspecified atom stereocenters. The van der Waals surface area contributed by atoms with Gasteiger partial charge >= 0.3 is 0 Å². The molecule has 0 aromatic heterocycles. The Morgan fingerprint density at radius 2 is 1.93 bits per heavy atom. The van der Waals surface area contributed by atoms with E-state index in [-0.39, 0.29) is 36.5 Å². The van der Waals surface area contributed by atoms with Crippen molar-refractivity contribution < 1.29 is 29.6 Å². The van der Waals surface area contributed by atoms with Crippen molar-refractivity contribution in [2.24, 2.45) is 11.8 Å². The van der Waals surface area contributed by atoms with Gasteiger partial charge in [0.05, 0.1) is 18.8 Å². The van der Waals surface area contributed by atoms with Crippen molar-refractivity contribution in [3.05, 3.63) is 23.7 Å². The number of aliphatic hydroxyl groups excluding tert-OH is 3. The summed E-state index contributed by atoms with van der Waals surface area (Å²) in [6, 6.07) is 0. The molecular weight excluding hydrogens is 374 g/mol. The number of ether oxygens (including phenoxy) is 2. The fraction of sp³-hybridized carbons (Fsp3) is 0.773. The van der Waals surface area contributed by atoms with Crippen molar-refractivity contribution in [1.29, 1.82) is 0 Å². The summed E-state index contributed by atoms with van der Waals surface area (Å²) in [6.07, 6.45) is 3.03. The lowest BCUT2D eigenvalue weighted by Crippen LogP contribution is -2.39. The third-order valence-corrected chi connectivity index (χ3v) is 4.70. The molecule has 7 heteroatoms. The average molecular weight is 416 g/mol. The van der Waals surface area contributed by atoms with Gasteiger partial charge in [0.1, 0.15) is 11.5 Å². The number of allylic oxidation sites excluding steroid dienone is 3. The molecule has 4 N–H and O–H groups in total. The Hall–Kier alpha value is -1.57. The topological polar surface area (TPSA) is 108 Å². The maximum Gasteiger partial charge on any atom is 0.220 e. The number of carbonyl (C=O) groups is 1. The van der Waals surface area contributed by atoms with Crippen LogP contribution in [0.25, 0.3) is 0 Å². The van der Waals surface area contributed by atoms with E-state index in [1.807, 2.05) is 41.5 Å². The van der Waals surface area contributed by atoms with Gasteiger partial charge in [-0.15, -0.1) is 0 Å². The molecule has 7 nitrogen and oxygen atoms in total. The van der Waals surface area contributed by atoms with E-state index < -0.39 is 18.5 Å². The molecule has 0 aromatic rings. The predicted octanol–water partition coefficient (Wildman–Crippen LogP) is 3.42. The molecular formula is C22H41NO6. The van der Waals surface area contributed by atoms with Crippen molar-refractivity contribution in [1.82, 2.24) is 5.32 Å². The Kier molecular flexibility index (Phi) is 14.5. The summed E-state index contributed by atoms with van der Waals surface area (Å²) < 4.78 is 11.6. The molecule has 5 atom stereocenters. The highest BCUT2D eigenvalue weighted by molar-refractivity contribution is 5.76. The molecule has 1 amide bonds. The van der Waals surface area contributed by atoms with Crippen molar-refractivity contribution in [2.75, 3.05) is 13.2 Å². The minimum absolute atomic E-state index is 0.0284. The van der Waals surface area contributed by atoms with Crippen molar-refractivity contribution >= 4 is 5.91 Å². The van der Waals surface area contributed by atoms with Crippen LogP contribution in [0.4, 0.5) is 0 Å². The van der Waals surface area contributed by atoms with Gasteiger partial charge < -0.3 is 30.1 Å². The molecule has 0 saturated carbocycles. The first-order valence-electron chi connectivity index (χ1n) is 10.8. The van der Waals surface area contributed by atoms with Gasteiger partial charge in [-0.3, -0.25) is 4.79 Å². The van der Waals surface area contributed by atoms with Crippen LogP contribution in [0.2, 0.25) is 0 Å². The number of hydrogen-bond acceptors (Lipinski definition) is 6. The van der Waals surface area contributed by atoms with E-state index in [2.05, 4.69) is 5.32 Å². The summed E-state index contributed by atoms with van der Waals surface area (Å²) in [5.41, 5.74) is 0. The molecule has 0 aliphatic carbocycles. The highest BCUT2D eigenvalue weighted by atomic mass is 16.7. The third-order valence-electron chi connectivity index (χ3n) is 4.70. The number of amides is 1. The van der Waals surface area contributed by atoms with Gasteiger partial charge in [0.25, 0.3) is 0 Å². The lowest BCUT2D eigenvalue weighted by molar-refractivity contribution is -0.209. The summed E-state index contributed by atoms with van der Waals surface area (Å²) in [5.74, 6) is 0.355. The molecule has 1 aliphatic rings. The fourth-order valence-electron chi connectivity index (χ4n) is 3.00. The van der Waals surface area contributed by atoms with Gasteiger partial charge in [0, 0.05) is 37.8 Å². The molecule has 0 bridgehead atoms. The van der Waals surface area contributed by atoms with Gasteiger partial charge in [-0.2, -0.15) is 0 Å². The third kappa shape index (κ3) is 10.7. The van der Waals surface area contributed by atoms with Crippen molar-refractivity contribution in [3.63, 3.8) is 0 Å². The number of carbonyl (C=O) groups excluding carboxylic acids is 1. The molecule has 29 heavy (non-hydrogen) atoms. The second kappa shape index (κ2) is 15.3. The van der Waals surface area contributed by atoms with Gasteiger partial charge in [0.2, 0.25) is 12.2 Å². The van der Waals surface area contributed by atoms with Crippen LogP contribution in [0.3, 0.4) is 0 Å². The minimum atomic E-state index is -0.717. The molecule has 0 spiro atoms. The normalized spacial score (nSPS) is 24.8. The van der Waals surface area contributed by atoms with E-state index in [0.29, 0.717) is 31.6 Å². The zero-order valence-electron chi connectivity index (χ0n) is 18.9. The summed E-state index contributed by atoms with van der Waals surface area (Å²) in [5, 5.41) is 32.2. The van der Waals surface area contributed by atoms with E-state index in [9.17, 15) is 20.1 Å². The second-order valence-corrected chi connectivity index (χ2v) is 7.12. The first-order chi connectivity index (χ1) is 13.8. The quantitative estimate of drug-likeness (QED) is 0.322. The molecule has 0 radical (unpaired) electrons. The monoisotopic (exact) mass is 415 g/mol. The number of hydrogen-bond donors (Lipinski definition) is 4. The van der Waals surface area contributed by atoms with Gasteiger partial charge in [-0.05, 0) is 25.3 Å². The first kappa shape index (κ1) is 27.4. The maximum atomic E-state index is 11.9. The number of rotatable bonds is 10. The van der Waals surface area contributed by atoms with Crippen LogP contribution in [0, 0.1) is 11.8 Å². The average Bonchev–Trinajstić information content (AvgIpc) is 2.68. The lowest BCUT2D eigenvalue weighted by atomic mass is 9.90. The summed E-state index contributed by atoms with van der Waals surface area (Å²) in [4.78, 5) is 11.9. The standard InChI is InChI=1S/C20H35NO6.C2H6/c1-5-7-15(23)10-18(14(4)13(3)8-19(25)21-6-2)27-20-11-16(24)9-17(12-22)26-20;1-2/h7,10,13-14,16-17,20,22-24H,5-6,8-9,11-12H2,1-4H3,(H,21,25);1-2H3/b15-7+,18-10+;/t13?,14?,16-,17-,20?;/m0./s1. The SMILES string of the molecule is CC.CC/C=C(O)\C=C(\OC1C[C@@H](O)C[C@@H](CO)O1)C(C)C(C)CC(=O)NCC. The van der Waals surface area contributed by atoms with Gasteiger partial charge in [-0.25, -0.2) is 0 Å². The minimum Gasteiger partial charge on any atom is -0.508 e. The van der Waals surface area contributed by atoms with E-state index in [0.717, 1.165) is 0 Å². The molecule has 1 aliphatic heterocycles. The van der Waals surface area contributed by atoms with E-state index >= 15 is 0 Å². The fourth-order valence-corrected chi connectivity index (χ4v) is 3.00. The van der Waals surface area contributed by atoms with Crippen LogP contribution in [-0.2, 0) is 14.3 Å².